The van der Waals surface area contributed by atoms with Crippen LogP contribution in [0.5, 0.6) is 5.88 Å². The molecule has 7 nitrogen and oxygen atoms in total. The molecule has 2 heterocycles. The summed E-state index contributed by atoms with van der Waals surface area (Å²) in [4.78, 5) is 14.2. The third kappa shape index (κ3) is 4.39. The van der Waals surface area contributed by atoms with E-state index >= 15 is 0 Å². The minimum Gasteiger partial charge on any atom is -0.465 e. The van der Waals surface area contributed by atoms with E-state index in [9.17, 15) is 4.79 Å². The van der Waals surface area contributed by atoms with Crippen LogP contribution in [0.25, 0.3) is 10.9 Å². The number of nitrogens with one attached hydrogen (secondary N) is 1. The second kappa shape index (κ2) is 7.40. The van der Waals surface area contributed by atoms with E-state index in [1.54, 1.807) is 13.0 Å². The topological polar surface area (TPSA) is 72.5 Å². The van der Waals surface area contributed by atoms with Crippen molar-refractivity contribution < 1.29 is 14.1 Å². The van der Waals surface area contributed by atoms with Gasteiger partial charge in [0.25, 0.3) is 11.8 Å². The van der Waals surface area contributed by atoms with Crippen molar-refractivity contribution in [2.75, 3.05) is 32.6 Å². The zero-order valence-corrected chi connectivity index (χ0v) is 14.7. The lowest BCUT2D eigenvalue weighted by Crippen LogP contribution is -2.20. The Balaban J connectivity index is 1.64. The van der Waals surface area contributed by atoms with Gasteiger partial charge in [-0.3, -0.25) is 4.79 Å². The van der Waals surface area contributed by atoms with Crippen molar-refractivity contribution in [1.82, 2.24) is 14.6 Å². The number of aromatic nitrogens is 2. The van der Waals surface area contributed by atoms with Gasteiger partial charge in [0.1, 0.15) is 5.76 Å². The third-order valence-corrected chi connectivity index (χ3v) is 3.80. The highest BCUT2D eigenvalue weighted by Gasteiger charge is 2.08. The standard InChI is InChI=1S/C18H22N4O3/c1-13-10-18(20-25-13)24-12-17(23)19-15-5-4-14-6-7-22(16(14)11-15)9-8-21(2)3/h4-7,10-11H,8-9,12H2,1-3H3,(H,19,23). The molecule has 1 amide bonds. The molecule has 0 atom stereocenters. The lowest BCUT2D eigenvalue weighted by Gasteiger charge is -2.12. The monoisotopic (exact) mass is 342 g/mol. The number of carbonyl (C=O) groups excluding carboxylic acids is 1. The highest BCUT2D eigenvalue weighted by atomic mass is 16.5. The van der Waals surface area contributed by atoms with E-state index in [0.29, 0.717) is 11.6 Å². The Hall–Kier alpha value is -2.80. The fourth-order valence-corrected chi connectivity index (χ4v) is 2.51. The molecule has 25 heavy (non-hydrogen) atoms. The lowest BCUT2D eigenvalue weighted by molar-refractivity contribution is -0.118. The van der Waals surface area contributed by atoms with Crippen LogP contribution >= 0.6 is 0 Å². The maximum atomic E-state index is 12.1. The average Bonchev–Trinajstić information content (AvgIpc) is 3.17. The molecule has 0 aliphatic rings. The number of ether oxygens (including phenoxy) is 1. The number of anilines is 1. The van der Waals surface area contributed by atoms with Crippen LogP contribution in [0.3, 0.4) is 0 Å². The average molecular weight is 342 g/mol. The van der Waals surface area contributed by atoms with Gasteiger partial charge in [-0.25, -0.2) is 0 Å². The number of benzene rings is 1. The van der Waals surface area contributed by atoms with Gasteiger partial charge in [0, 0.05) is 31.0 Å². The number of aryl methyl sites for hydroxylation is 1. The molecule has 0 bridgehead atoms. The molecule has 0 radical (unpaired) electrons. The highest BCUT2D eigenvalue weighted by Crippen LogP contribution is 2.20. The molecule has 7 heteroatoms. The number of rotatable bonds is 7. The molecule has 0 spiro atoms. The van der Waals surface area contributed by atoms with Gasteiger partial charge < -0.3 is 24.0 Å². The number of likely N-dealkylation sites (N-methyl/N-ethyl adjacent to an activating group) is 1. The minimum atomic E-state index is -0.244. The highest BCUT2D eigenvalue weighted by molar-refractivity contribution is 5.94. The van der Waals surface area contributed by atoms with Crippen molar-refractivity contribution in [1.29, 1.82) is 0 Å². The smallest absolute Gasteiger partial charge is 0.262 e. The van der Waals surface area contributed by atoms with Gasteiger partial charge >= 0.3 is 0 Å². The maximum Gasteiger partial charge on any atom is 0.262 e. The van der Waals surface area contributed by atoms with Crippen molar-refractivity contribution >= 4 is 22.5 Å². The summed E-state index contributed by atoms with van der Waals surface area (Å²) in [6.45, 7) is 3.49. The van der Waals surface area contributed by atoms with Gasteiger partial charge in [-0.15, -0.1) is 0 Å². The second-order valence-corrected chi connectivity index (χ2v) is 6.20. The summed E-state index contributed by atoms with van der Waals surface area (Å²) >= 11 is 0. The summed E-state index contributed by atoms with van der Waals surface area (Å²) in [5, 5.41) is 7.68. The van der Waals surface area contributed by atoms with Gasteiger partial charge in [-0.05, 0) is 49.8 Å². The predicted molar refractivity (Wildman–Crippen MR) is 95.9 cm³/mol. The van der Waals surface area contributed by atoms with Gasteiger partial charge in [-0.2, -0.15) is 0 Å². The molecule has 2 aromatic heterocycles. The van der Waals surface area contributed by atoms with E-state index in [-0.39, 0.29) is 12.5 Å². The Morgan fingerprint density at radius 3 is 2.88 bits per heavy atom. The zero-order chi connectivity index (χ0) is 17.8. The molecule has 0 unspecified atom stereocenters. The van der Waals surface area contributed by atoms with Crippen LogP contribution in [0, 0.1) is 6.92 Å². The number of hydrogen-bond donors (Lipinski definition) is 1. The zero-order valence-electron chi connectivity index (χ0n) is 14.7. The molecule has 0 aliphatic carbocycles. The van der Waals surface area contributed by atoms with Crippen LogP contribution in [0.1, 0.15) is 5.76 Å². The maximum absolute atomic E-state index is 12.1. The van der Waals surface area contributed by atoms with Crippen LogP contribution in [0.2, 0.25) is 0 Å². The molecule has 1 N–H and O–H groups in total. The lowest BCUT2D eigenvalue weighted by atomic mass is 10.2. The number of amides is 1. The fourth-order valence-electron chi connectivity index (χ4n) is 2.51. The Labute approximate surface area is 146 Å². The number of fused-ring (bicyclic) bond motifs is 1. The quantitative estimate of drug-likeness (QED) is 0.714. The van der Waals surface area contributed by atoms with Crippen molar-refractivity contribution in [2.45, 2.75) is 13.5 Å². The summed E-state index contributed by atoms with van der Waals surface area (Å²) in [5.74, 6) is 0.700. The van der Waals surface area contributed by atoms with Crippen molar-refractivity contribution in [3.8, 4) is 5.88 Å². The summed E-state index contributed by atoms with van der Waals surface area (Å²) in [6.07, 6.45) is 2.07. The Kier molecular flexibility index (Phi) is 5.04. The summed E-state index contributed by atoms with van der Waals surface area (Å²) < 4.78 is 12.4. The van der Waals surface area contributed by atoms with Crippen LogP contribution in [-0.4, -0.2) is 47.8 Å². The number of hydrogen-bond acceptors (Lipinski definition) is 5. The van der Waals surface area contributed by atoms with Gasteiger partial charge in [0.2, 0.25) is 0 Å². The molecule has 0 aliphatic heterocycles. The fraction of sp³-hybridized carbons (Fsp3) is 0.333. The van der Waals surface area contributed by atoms with E-state index in [2.05, 4.69) is 32.2 Å². The molecule has 3 aromatic rings. The first-order valence-corrected chi connectivity index (χ1v) is 8.11. The molecule has 0 fully saturated rings. The van der Waals surface area contributed by atoms with Crippen LogP contribution < -0.4 is 10.1 Å². The number of carbonyl (C=O) groups is 1. The largest absolute Gasteiger partial charge is 0.465 e. The summed E-state index contributed by atoms with van der Waals surface area (Å²) in [6, 6.07) is 9.57. The van der Waals surface area contributed by atoms with Crippen molar-refractivity contribution in [3.05, 3.63) is 42.3 Å². The van der Waals surface area contributed by atoms with Crippen molar-refractivity contribution in [3.63, 3.8) is 0 Å². The van der Waals surface area contributed by atoms with E-state index in [0.717, 1.165) is 29.7 Å². The van der Waals surface area contributed by atoms with Crippen LogP contribution in [-0.2, 0) is 11.3 Å². The van der Waals surface area contributed by atoms with E-state index in [1.165, 1.54) is 0 Å². The van der Waals surface area contributed by atoms with Gasteiger partial charge in [0.05, 0.1) is 5.52 Å². The Morgan fingerprint density at radius 1 is 1.32 bits per heavy atom. The van der Waals surface area contributed by atoms with Crippen molar-refractivity contribution in [2.24, 2.45) is 0 Å². The molecule has 132 valence electrons. The predicted octanol–water partition coefficient (Wildman–Crippen LogP) is 2.52. The third-order valence-electron chi connectivity index (χ3n) is 3.80. The minimum absolute atomic E-state index is 0.119. The Morgan fingerprint density at radius 2 is 2.16 bits per heavy atom. The van der Waals surface area contributed by atoms with E-state index < -0.39 is 0 Å². The molecular formula is C18H22N4O3. The molecule has 0 saturated heterocycles. The van der Waals surface area contributed by atoms with E-state index in [4.69, 9.17) is 9.26 Å². The molecule has 0 saturated carbocycles. The van der Waals surface area contributed by atoms with Crippen LogP contribution in [0.4, 0.5) is 5.69 Å². The summed E-state index contributed by atoms with van der Waals surface area (Å²) in [7, 11) is 4.10. The normalized spacial score (nSPS) is 11.2. The first-order valence-electron chi connectivity index (χ1n) is 8.11. The first-order chi connectivity index (χ1) is 12.0. The molecular weight excluding hydrogens is 320 g/mol. The first kappa shape index (κ1) is 17.0. The van der Waals surface area contributed by atoms with Gasteiger partial charge in [0.15, 0.2) is 6.61 Å². The van der Waals surface area contributed by atoms with Crippen LogP contribution in [0.15, 0.2) is 41.1 Å². The molecule has 1 aromatic carbocycles. The van der Waals surface area contributed by atoms with Gasteiger partial charge in [-0.1, -0.05) is 6.07 Å². The molecule has 3 rings (SSSR count). The number of nitrogens with zero attached hydrogens (tertiary/aromatic N) is 3. The summed E-state index contributed by atoms with van der Waals surface area (Å²) in [5.41, 5.74) is 1.83. The SMILES string of the molecule is Cc1cc(OCC(=O)Nc2ccc3ccn(CCN(C)C)c3c2)no1. The Bertz CT molecular complexity index is 866. The van der Waals surface area contributed by atoms with E-state index in [1.807, 2.05) is 32.3 Å². The second-order valence-electron chi connectivity index (χ2n) is 6.20.